The highest BCUT2D eigenvalue weighted by molar-refractivity contribution is 6.73. The fourth-order valence-corrected chi connectivity index (χ4v) is 9.98. The molecule has 3 aliphatic heterocycles. The molecule has 8 aromatic carbocycles. The SMILES string of the molecule is C=C1C=C(c2ccccc2)N(C)c2cc3c(cc21)[B]c1c(-c2cccc4c2Nc2ccccc2O4)cc(-n2c4ccccc4c4ccccc42)c2c4ccccc4n-3c12. The lowest BCUT2D eigenvalue weighted by atomic mass is 9.58. The number of allylic oxidation sites excluding steroid dienone is 2. The quantitative estimate of drug-likeness (QED) is 0.183. The molecule has 0 saturated heterocycles. The number of hydrogen-bond acceptors (Lipinski definition) is 3. The molecule has 6 heteroatoms. The van der Waals surface area contributed by atoms with Crippen molar-refractivity contribution in [2.75, 3.05) is 17.3 Å². The molecule has 0 aliphatic carbocycles. The minimum absolute atomic E-state index is 0.804. The highest BCUT2D eigenvalue weighted by Gasteiger charge is 2.33. The van der Waals surface area contributed by atoms with Crippen LogP contribution in [0.15, 0.2) is 176 Å². The first-order valence-corrected chi connectivity index (χ1v) is 20.1. The number of rotatable bonds is 3. The van der Waals surface area contributed by atoms with Gasteiger partial charge in [-0.15, -0.1) is 0 Å². The van der Waals surface area contributed by atoms with Gasteiger partial charge in [-0.3, -0.25) is 0 Å². The van der Waals surface area contributed by atoms with Gasteiger partial charge in [0.15, 0.2) is 18.8 Å². The maximum absolute atomic E-state index is 6.58. The molecule has 0 saturated carbocycles. The average molecular weight is 754 g/mol. The van der Waals surface area contributed by atoms with Gasteiger partial charge >= 0.3 is 0 Å². The molecule has 2 aromatic heterocycles. The van der Waals surface area contributed by atoms with Crippen molar-refractivity contribution in [3.05, 3.63) is 188 Å². The average Bonchev–Trinajstić information content (AvgIpc) is 3.81. The Bertz CT molecular complexity index is 3470. The molecule has 5 nitrogen and oxygen atoms in total. The minimum atomic E-state index is 0.804. The van der Waals surface area contributed by atoms with Gasteiger partial charge in [-0.2, -0.15) is 0 Å². The number of ether oxygens (including phenoxy) is 1. The van der Waals surface area contributed by atoms with Crippen molar-refractivity contribution < 1.29 is 4.74 Å². The zero-order valence-corrected chi connectivity index (χ0v) is 32.2. The molecule has 275 valence electrons. The summed E-state index contributed by atoms with van der Waals surface area (Å²) in [5.41, 5.74) is 18.9. The predicted octanol–water partition coefficient (Wildman–Crippen LogP) is 11.9. The summed E-state index contributed by atoms with van der Waals surface area (Å²) in [7, 11) is 4.58. The molecule has 13 rings (SSSR count). The summed E-state index contributed by atoms with van der Waals surface area (Å²) >= 11 is 0. The van der Waals surface area contributed by atoms with Gasteiger partial charge in [0.25, 0.3) is 0 Å². The van der Waals surface area contributed by atoms with Crippen LogP contribution in [0, 0.1) is 0 Å². The van der Waals surface area contributed by atoms with Gasteiger partial charge in [0, 0.05) is 51.1 Å². The standard InChI is InChI=1S/C53H34BN4O/c1-31-27-44(32-15-4-3-5-16-32)56(2)45-30-46-39(28-37(31)45)54-51-38(35-20-14-26-49-52(35)55-40-21-9-13-25-48(40)59-49)29-47(50-36-19-8-12-24-43(36)58(46)53(50)51)57-41-22-10-6-17-33(41)34-18-7-11-23-42(34)57/h3-30,55H,1H2,2H3. The molecule has 5 heterocycles. The van der Waals surface area contributed by atoms with Crippen LogP contribution < -0.4 is 25.9 Å². The lowest BCUT2D eigenvalue weighted by Crippen LogP contribution is -2.38. The molecule has 0 bridgehead atoms. The first kappa shape index (κ1) is 32.4. The summed E-state index contributed by atoms with van der Waals surface area (Å²) < 4.78 is 11.6. The van der Waals surface area contributed by atoms with Crippen molar-refractivity contribution >= 4 is 90.1 Å². The largest absolute Gasteiger partial charge is 0.453 e. The number of anilines is 3. The van der Waals surface area contributed by atoms with Gasteiger partial charge < -0.3 is 24.1 Å². The summed E-state index contributed by atoms with van der Waals surface area (Å²) in [6.45, 7) is 4.61. The number of aromatic nitrogens is 2. The molecule has 1 N–H and O–H groups in total. The van der Waals surface area contributed by atoms with E-state index in [9.17, 15) is 0 Å². The molecule has 0 spiro atoms. The van der Waals surface area contributed by atoms with Crippen LogP contribution in [0.3, 0.4) is 0 Å². The number of nitrogens with zero attached hydrogens (tertiary/aromatic N) is 3. The zero-order valence-electron chi connectivity index (χ0n) is 32.2. The fraction of sp³-hybridized carbons (Fsp3) is 0.0189. The zero-order chi connectivity index (χ0) is 38.9. The Morgan fingerprint density at radius 2 is 1.22 bits per heavy atom. The first-order chi connectivity index (χ1) is 29.1. The van der Waals surface area contributed by atoms with Crippen LogP contribution in [0.25, 0.3) is 77.4 Å². The van der Waals surface area contributed by atoms with Gasteiger partial charge in [0.05, 0.1) is 44.8 Å². The molecule has 1 radical (unpaired) electrons. The van der Waals surface area contributed by atoms with E-state index in [0.29, 0.717) is 0 Å². The van der Waals surface area contributed by atoms with E-state index in [1.165, 1.54) is 43.6 Å². The molecular formula is C53H34BN4O. The van der Waals surface area contributed by atoms with E-state index in [1.807, 2.05) is 18.2 Å². The van der Waals surface area contributed by atoms with Crippen LogP contribution in [-0.4, -0.2) is 23.5 Å². The highest BCUT2D eigenvalue weighted by Crippen LogP contribution is 2.49. The second-order valence-electron chi connectivity index (χ2n) is 15.8. The van der Waals surface area contributed by atoms with Crippen molar-refractivity contribution in [2.24, 2.45) is 0 Å². The molecule has 59 heavy (non-hydrogen) atoms. The number of nitrogens with one attached hydrogen (secondary N) is 1. The number of para-hydroxylation sites is 6. The summed E-state index contributed by atoms with van der Waals surface area (Å²) in [4.78, 5) is 2.32. The third-order valence-electron chi connectivity index (χ3n) is 12.6. The van der Waals surface area contributed by atoms with Crippen LogP contribution in [0.2, 0.25) is 0 Å². The smallest absolute Gasteiger partial charge is 0.197 e. The summed E-state index contributed by atoms with van der Waals surface area (Å²) in [6.07, 6.45) is 2.22. The van der Waals surface area contributed by atoms with Crippen molar-refractivity contribution in [1.82, 2.24) is 9.13 Å². The summed E-state index contributed by atoms with van der Waals surface area (Å²) in [5.74, 6) is 1.62. The van der Waals surface area contributed by atoms with Crippen LogP contribution in [-0.2, 0) is 0 Å². The van der Waals surface area contributed by atoms with Gasteiger partial charge in [-0.25, -0.2) is 0 Å². The van der Waals surface area contributed by atoms with E-state index in [-0.39, 0.29) is 0 Å². The van der Waals surface area contributed by atoms with E-state index >= 15 is 0 Å². The van der Waals surface area contributed by atoms with Crippen molar-refractivity contribution in [3.8, 4) is 34.0 Å². The number of fused-ring (bicyclic) bond motifs is 11. The van der Waals surface area contributed by atoms with Gasteiger partial charge in [-0.05, 0) is 76.8 Å². The lowest BCUT2D eigenvalue weighted by molar-refractivity contribution is 0.481. The van der Waals surface area contributed by atoms with Gasteiger partial charge in [0.1, 0.15) is 0 Å². The van der Waals surface area contributed by atoms with Crippen molar-refractivity contribution in [2.45, 2.75) is 0 Å². The van der Waals surface area contributed by atoms with Crippen LogP contribution in [0.5, 0.6) is 11.5 Å². The van der Waals surface area contributed by atoms with Gasteiger partial charge in [-0.1, -0.05) is 127 Å². The Morgan fingerprint density at radius 1 is 0.559 bits per heavy atom. The monoisotopic (exact) mass is 753 g/mol. The maximum Gasteiger partial charge on any atom is 0.197 e. The van der Waals surface area contributed by atoms with Crippen LogP contribution in [0.4, 0.5) is 17.1 Å². The Labute approximate surface area is 341 Å². The van der Waals surface area contributed by atoms with Gasteiger partial charge in [0.2, 0.25) is 0 Å². The molecule has 3 aliphatic rings. The first-order valence-electron chi connectivity index (χ1n) is 20.1. The second-order valence-corrected chi connectivity index (χ2v) is 15.8. The van der Waals surface area contributed by atoms with E-state index in [1.54, 1.807) is 0 Å². The normalized spacial score (nSPS) is 13.7. The number of hydrogen-bond donors (Lipinski definition) is 1. The van der Waals surface area contributed by atoms with E-state index < -0.39 is 0 Å². The summed E-state index contributed by atoms with van der Waals surface area (Å²) in [5, 5.41) is 8.68. The molecule has 0 unspecified atom stereocenters. The van der Waals surface area contributed by atoms with Crippen molar-refractivity contribution in [3.63, 3.8) is 0 Å². The summed E-state index contributed by atoms with van der Waals surface area (Å²) in [6, 6.07) is 58.8. The second kappa shape index (κ2) is 11.9. The Kier molecular flexibility index (Phi) is 6.54. The third-order valence-corrected chi connectivity index (χ3v) is 12.6. The molecular weight excluding hydrogens is 719 g/mol. The molecule has 0 amide bonds. The van der Waals surface area contributed by atoms with Crippen LogP contribution >= 0.6 is 0 Å². The van der Waals surface area contributed by atoms with Crippen molar-refractivity contribution in [1.29, 1.82) is 0 Å². The lowest BCUT2D eigenvalue weighted by Gasteiger charge is -2.33. The highest BCUT2D eigenvalue weighted by atomic mass is 16.5. The number of benzene rings is 8. The third kappa shape index (κ3) is 4.46. The fourth-order valence-electron chi connectivity index (χ4n) is 9.98. The molecule has 10 aromatic rings. The topological polar surface area (TPSA) is 34.4 Å². The van der Waals surface area contributed by atoms with E-state index in [2.05, 4.69) is 192 Å². The minimum Gasteiger partial charge on any atom is -0.453 e. The Balaban J connectivity index is 1.15. The molecule has 0 fully saturated rings. The Morgan fingerprint density at radius 3 is 2.00 bits per heavy atom. The maximum atomic E-state index is 6.58. The molecule has 0 atom stereocenters. The van der Waals surface area contributed by atoms with E-state index in [4.69, 9.17) is 4.74 Å². The van der Waals surface area contributed by atoms with Crippen LogP contribution in [0.1, 0.15) is 11.1 Å². The Hall–Kier alpha value is -7.70. The predicted molar refractivity (Wildman–Crippen MR) is 247 cm³/mol. The van der Waals surface area contributed by atoms with E-state index in [0.717, 1.165) is 84.4 Å².